The predicted molar refractivity (Wildman–Crippen MR) is 93.9 cm³/mol. The average Bonchev–Trinajstić information content (AvgIpc) is 2.51. The second-order valence-corrected chi connectivity index (χ2v) is 6.05. The first-order chi connectivity index (χ1) is 10.7. The van der Waals surface area contributed by atoms with Gasteiger partial charge in [0, 0.05) is 28.1 Å². The summed E-state index contributed by atoms with van der Waals surface area (Å²) in [5.41, 5.74) is 2.12. The van der Waals surface area contributed by atoms with Crippen LogP contribution in [0.1, 0.15) is 18.1 Å². The van der Waals surface area contributed by atoms with E-state index in [-0.39, 0.29) is 0 Å². The second-order valence-electron chi connectivity index (χ2n) is 4.72. The smallest absolute Gasteiger partial charge is 0.165 e. The van der Waals surface area contributed by atoms with Gasteiger partial charge in [0.05, 0.1) is 13.7 Å². The third kappa shape index (κ3) is 4.38. The minimum atomic E-state index is 0.593. The van der Waals surface area contributed by atoms with E-state index in [1.54, 1.807) is 7.11 Å². The Balaban J connectivity index is 2.11. The van der Waals surface area contributed by atoms with Crippen LogP contribution in [0.5, 0.6) is 11.5 Å². The molecule has 0 saturated heterocycles. The van der Waals surface area contributed by atoms with Gasteiger partial charge in [0.15, 0.2) is 11.5 Å². The fraction of sp³-hybridized carbons (Fsp3) is 0.294. The second kappa shape index (κ2) is 8.42. The molecule has 0 saturated carbocycles. The van der Waals surface area contributed by atoms with Gasteiger partial charge in [0.1, 0.15) is 0 Å². The lowest BCUT2D eigenvalue weighted by Crippen LogP contribution is -2.14. The first-order valence-corrected chi connectivity index (χ1v) is 8.26. The molecule has 2 aromatic carbocycles. The van der Waals surface area contributed by atoms with Crippen LogP contribution in [0.25, 0.3) is 0 Å². The fourth-order valence-electron chi connectivity index (χ4n) is 2.19. The lowest BCUT2D eigenvalue weighted by atomic mass is 10.1. The highest BCUT2D eigenvalue weighted by molar-refractivity contribution is 9.10. The van der Waals surface area contributed by atoms with Crippen molar-refractivity contribution in [1.29, 1.82) is 0 Å². The first-order valence-electron chi connectivity index (χ1n) is 7.09. The van der Waals surface area contributed by atoms with E-state index in [1.807, 2.05) is 43.3 Å². The van der Waals surface area contributed by atoms with E-state index >= 15 is 0 Å². The van der Waals surface area contributed by atoms with E-state index < -0.39 is 0 Å². The molecule has 2 rings (SSSR count). The minimum Gasteiger partial charge on any atom is -0.493 e. The zero-order valence-corrected chi connectivity index (χ0v) is 15.0. The lowest BCUT2D eigenvalue weighted by molar-refractivity contribution is 0.306. The largest absolute Gasteiger partial charge is 0.493 e. The Bertz CT molecular complexity index is 634. The number of rotatable bonds is 7. The third-order valence-electron chi connectivity index (χ3n) is 3.19. The lowest BCUT2D eigenvalue weighted by Gasteiger charge is -2.15. The Labute approximate surface area is 144 Å². The molecule has 22 heavy (non-hydrogen) atoms. The molecular formula is C17H19BrClNO2. The van der Waals surface area contributed by atoms with Gasteiger partial charge in [-0.2, -0.15) is 0 Å². The molecule has 118 valence electrons. The molecule has 0 aromatic heterocycles. The minimum absolute atomic E-state index is 0.593. The molecule has 0 heterocycles. The van der Waals surface area contributed by atoms with Crippen molar-refractivity contribution in [2.75, 3.05) is 13.7 Å². The highest BCUT2D eigenvalue weighted by Crippen LogP contribution is 2.35. The van der Waals surface area contributed by atoms with Crippen LogP contribution in [0.4, 0.5) is 0 Å². The molecule has 5 heteroatoms. The van der Waals surface area contributed by atoms with Crippen LogP contribution < -0.4 is 14.8 Å². The van der Waals surface area contributed by atoms with Crippen LogP contribution in [0.2, 0.25) is 5.02 Å². The molecule has 0 amide bonds. The number of methoxy groups -OCH3 is 1. The normalized spacial score (nSPS) is 10.5. The summed E-state index contributed by atoms with van der Waals surface area (Å²) in [6, 6.07) is 11.8. The van der Waals surface area contributed by atoms with Gasteiger partial charge >= 0.3 is 0 Å². The van der Waals surface area contributed by atoms with E-state index in [0.717, 1.165) is 32.1 Å². The topological polar surface area (TPSA) is 30.5 Å². The SMILES string of the molecule is CCOc1c(CNCc2ccccc2Cl)cc(Br)cc1OC. The molecule has 0 aliphatic rings. The molecule has 0 fully saturated rings. The van der Waals surface area contributed by atoms with Crippen molar-refractivity contribution in [2.45, 2.75) is 20.0 Å². The third-order valence-corrected chi connectivity index (χ3v) is 4.02. The van der Waals surface area contributed by atoms with Gasteiger partial charge < -0.3 is 14.8 Å². The van der Waals surface area contributed by atoms with Crippen LogP contribution in [-0.4, -0.2) is 13.7 Å². The Morgan fingerprint density at radius 3 is 2.55 bits per heavy atom. The van der Waals surface area contributed by atoms with E-state index in [9.17, 15) is 0 Å². The van der Waals surface area contributed by atoms with Crippen LogP contribution >= 0.6 is 27.5 Å². The van der Waals surface area contributed by atoms with E-state index in [0.29, 0.717) is 19.7 Å². The van der Waals surface area contributed by atoms with Gasteiger partial charge in [-0.15, -0.1) is 0 Å². The quantitative estimate of drug-likeness (QED) is 0.744. The summed E-state index contributed by atoms with van der Waals surface area (Å²) in [6.07, 6.45) is 0. The van der Waals surface area contributed by atoms with E-state index in [1.165, 1.54) is 0 Å². The molecule has 0 aliphatic carbocycles. The number of benzene rings is 2. The monoisotopic (exact) mass is 383 g/mol. The standard InChI is InChI=1S/C17H19BrClNO2/c1-3-22-17-13(8-14(18)9-16(17)21-2)11-20-10-12-6-4-5-7-15(12)19/h4-9,20H,3,10-11H2,1-2H3. The van der Waals surface area contributed by atoms with Crippen LogP contribution in [0.15, 0.2) is 40.9 Å². The zero-order chi connectivity index (χ0) is 15.9. The van der Waals surface area contributed by atoms with Gasteiger partial charge in [0.2, 0.25) is 0 Å². The van der Waals surface area contributed by atoms with Crippen LogP contribution in [0.3, 0.4) is 0 Å². The highest BCUT2D eigenvalue weighted by atomic mass is 79.9. The molecular weight excluding hydrogens is 366 g/mol. The summed E-state index contributed by atoms with van der Waals surface area (Å²) in [5, 5.41) is 4.17. The zero-order valence-electron chi connectivity index (χ0n) is 12.7. The first kappa shape index (κ1) is 17.1. The number of ether oxygens (including phenoxy) is 2. The van der Waals surface area contributed by atoms with E-state index in [4.69, 9.17) is 21.1 Å². The summed E-state index contributed by atoms with van der Waals surface area (Å²) in [6.45, 7) is 3.91. The van der Waals surface area contributed by atoms with Crippen molar-refractivity contribution in [1.82, 2.24) is 5.32 Å². The molecule has 0 radical (unpaired) electrons. The van der Waals surface area contributed by atoms with Crippen molar-refractivity contribution >= 4 is 27.5 Å². The van der Waals surface area contributed by atoms with Crippen molar-refractivity contribution in [3.63, 3.8) is 0 Å². The van der Waals surface area contributed by atoms with Gasteiger partial charge in [0.25, 0.3) is 0 Å². The van der Waals surface area contributed by atoms with Crippen molar-refractivity contribution in [3.8, 4) is 11.5 Å². The van der Waals surface area contributed by atoms with Crippen LogP contribution in [0, 0.1) is 0 Å². The fourth-order valence-corrected chi connectivity index (χ4v) is 2.87. The Hall–Kier alpha value is -1.23. The van der Waals surface area contributed by atoms with Crippen molar-refractivity contribution < 1.29 is 9.47 Å². The Kier molecular flexibility index (Phi) is 6.55. The molecule has 1 N–H and O–H groups in total. The summed E-state index contributed by atoms with van der Waals surface area (Å²) >= 11 is 9.67. The predicted octanol–water partition coefficient (Wildman–Crippen LogP) is 4.80. The molecule has 0 bridgehead atoms. The maximum absolute atomic E-state index is 6.17. The van der Waals surface area contributed by atoms with Gasteiger partial charge in [-0.05, 0) is 30.7 Å². The molecule has 0 atom stereocenters. The summed E-state index contributed by atoms with van der Waals surface area (Å²) < 4.78 is 12.1. The van der Waals surface area contributed by atoms with Gasteiger partial charge in [-0.3, -0.25) is 0 Å². The van der Waals surface area contributed by atoms with E-state index in [2.05, 4.69) is 21.2 Å². The highest BCUT2D eigenvalue weighted by Gasteiger charge is 2.12. The van der Waals surface area contributed by atoms with Gasteiger partial charge in [-0.1, -0.05) is 45.7 Å². The van der Waals surface area contributed by atoms with Gasteiger partial charge in [-0.25, -0.2) is 0 Å². The Morgan fingerprint density at radius 1 is 1.14 bits per heavy atom. The molecule has 0 spiro atoms. The average molecular weight is 385 g/mol. The maximum atomic E-state index is 6.17. The van der Waals surface area contributed by atoms with Crippen molar-refractivity contribution in [2.24, 2.45) is 0 Å². The molecule has 2 aromatic rings. The molecule has 0 unspecified atom stereocenters. The summed E-state index contributed by atoms with van der Waals surface area (Å²) in [5.74, 6) is 1.51. The molecule has 0 aliphatic heterocycles. The number of hydrogen-bond acceptors (Lipinski definition) is 3. The summed E-state index contributed by atoms with van der Waals surface area (Å²) in [4.78, 5) is 0. The maximum Gasteiger partial charge on any atom is 0.165 e. The number of nitrogens with one attached hydrogen (secondary N) is 1. The van der Waals surface area contributed by atoms with Crippen molar-refractivity contribution in [3.05, 3.63) is 57.0 Å². The Morgan fingerprint density at radius 2 is 1.86 bits per heavy atom. The van der Waals surface area contributed by atoms with Crippen LogP contribution in [-0.2, 0) is 13.1 Å². The number of hydrogen-bond donors (Lipinski definition) is 1. The molecule has 3 nitrogen and oxygen atoms in total. The number of halogens is 2. The summed E-state index contributed by atoms with van der Waals surface area (Å²) in [7, 11) is 1.64.